The predicted molar refractivity (Wildman–Crippen MR) is 107 cm³/mol. The first kappa shape index (κ1) is 20.4. The zero-order valence-electron chi connectivity index (χ0n) is 16.7. The number of carbonyl (C=O) groups excluding carboxylic acids is 1. The van der Waals surface area contributed by atoms with Gasteiger partial charge in [0.2, 0.25) is 6.79 Å². The summed E-state index contributed by atoms with van der Waals surface area (Å²) in [6.07, 6.45) is -0.544. The molecule has 1 aromatic carbocycles. The van der Waals surface area contributed by atoms with E-state index in [1.54, 1.807) is 18.2 Å². The van der Waals surface area contributed by atoms with Gasteiger partial charge in [0, 0.05) is 18.8 Å². The SMILES string of the molecule is CCN(Cc1ccc(C(=O)NCc2ccc3c(c2)OCO3)c(=O)[nH]1)[C@H]1COC[C@@H]1O. The number of nitrogens with one attached hydrogen (secondary N) is 2. The van der Waals surface area contributed by atoms with Crippen molar-refractivity contribution in [3.63, 3.8) is 0 Å². The standard InChI is InChI=1S/C21H25N3O6/c1-2-24(16-10-28-11-17(16)25)9-14-4-5-15(21(27)23-14)20(26)22-8-13-3-6-18-19(7-13)30-12-29-18/h3-7,16-17,25H,2,8-12H2,1H3,(H,22,26)(H,23,27)/t16-,17-/m0/s1. The lowest BCUT2D eigenvalue weighted by molar-refractivity contribution is 0.0801. The first-order valence-electron chi connectivity index (χ1n) is 9.94. The topological polar surface area (TPSA) is 113 Å². The first-order valence-corrected chi connectivity index (χ1v) is 9.94. The van der Waals surface area contributed by atoms with E-state index in [1.165, 1.54) is 6.07 Å². The summed E-state index contributed by atoms with van der Waals surface area (Å²) < 4.78 is 15.9. The van der Waals surface area contributed by atoms with E-state index >= 15 is 0 Å². The van der Waals surface area contributed by atoms with Gasteiger partial charge < -0.3 is 29.6 Å². The molecule has 0 spiro atoms. The molecule has 1 saturated heterocycles. The van der Waals surface area contributed by atoms with Crippen LogP contribution in [0.4, 0.5) is 0 Å². The van der Waals surface area contributed by atoms with Crippen LogP contribution in [-0.4, -0.2) is 59.6 Å². The lowest BCUT2D eigenvalue weighted by atomic mass is 10.1. The van der Waals surface area contributed by atoms with Gasteiger partial charge in [-0.2, -0.15) is 0 Å². The monoisotopic (exact) mass is 415 g/mol. The highest BCUT2D eigenvalue weighted by Crippen LogP contribution is 2.32. The van der Waals surface area contributed by atoms with Gasteiger partial charge in [0.25, 0.3) is 11.5 Å². The molecular formula is C21H25N3O6. The minimum absolute atomic E-state index is 0.0479. The van der Waals surface area contributed by atoms with E-state index in [0.717, 1.165) is 5.56 Å². The molecule has 3 N–H and O–H groups in total. The van der Waals surface area contributed by atoms with Crippen molar-refractivity contribution in [1.29, 1.82) is 0 Å². The molecule has 2 atom stereocenters. The van der Waals surface area contributed by atoms with Crippen molar-refractivity contribution in [3.8, 4) is 11.5 Å². The number of H-pyrrole nitrogens is 1. The molecule has 4 rings (SSSR count). The van der Waals surface area contributed by atoms with Crippen LogP contribution in [0.2, 0.25) is 0 Å². The maximum atomic E-state index is 12.5. The van der Waals surface area contributed by atoms with E-state index in [2.05, 4.69) is 10.3 Å². The number of aliphatic hydroxyl groups excluding tert-OH is 1. The molecule has 9 heteroatoms. The van der Waals surface area contributed by atoms with Crippen LogP contribution < -0.4 is 20.3 Å². The number of hydrogen-bond acceptors (Lipinski definition) is 7. The Morgan fingerprint density at radius 3 is 2.80 bits per heavy atom. The number of aliphatic hydroxyl groups is 1. The van der Waals surface area contributed by atoms with E-state index in [0.29, 0.717) is 43.5 Å². The number of carbonyl (C=O) groups is 1. The molecule has 0 radical (unpaired) electrons. The van der Waals surface area contributed by atoms with Crippen LogP contribution in [0.3, 0.4) is 0 Å². The Bertz CT molecular complexity index is 975. The number of benzene rings is 1. The molecule has 0 aliphatic carbocycles. The van der Waals surface area contributed by atoms with Crippen molar-refractivity contribution in [2.24, 2.45) is 0 Å². The van der Waals surface area contributed by atoms with Crippen LogP contribution in [0.5, 0.6) is 11.5 Å². The smallest absolute Gasteiger partial charge is 0.261 e. The number of hydrogen-bond donors (Lipinski definition) is 3. The maximum Gasteiger partial charge on any atom is 0.261 e. The maximum absolute atomic E-state index is 12.5. The summed E-state index contributed by atoms with van der Waals surface area (Å²) in [7, 11) is 0. The van der Waals surface area contributed by atoms with E-state index in [-0.39, 0.29) is 24.9 Å². The summed E-state index contributed by atoms with van der Waals surface area (Å²) in [5, 5.41) is 12.8. The zero-order valence-corrected chi connectivity index (χ0v) is 16.7. The summed E-state index contributed by atoms with van der Waals surface area (Å²) in [5.41, 5.74) is 1.12. The highest BCUT2D eigenvalue weighted by molar-refractivity contribution is 5.93. The molecule has 9 nitrogen and oxygen atoms in total. The number of fused-ring (bicyclic) bond motifs is 1. The molecule has 2 aliphatic rings. The van der Waals surface area contributed by atoms with Crippen LogP contribution in [-0.2, 0) is 17.8 Å². The molecule has 1 aromatic heterocycles. The van der Waals surface area contributed by atoms with Crippen molar-refractivity contribution in [1.82, 2.24) is 15.2 Å². The van der Waals surface area contributed by atoms with Gasteiger partial charge in [-0.15, -0.1) is 0 Å². The van der Waals surface area contributed by atoms with Crippen molar-refractivity contribution in [3.05, 3.63) is 57.5 Å². The van der Waals surface area contributed by atoms with Gasteiger partial charge in [0.15, 0.2) is 11.5 Å². The third kappa shape index (κ3) is 4.33. The number of nitrogens with zero attached hydrogens (tertiary/aromatic N) is 1. The summed E-state index contributed by atoms with van der Waals surface area (Å²) in [6, 6.07) is 8.57. The Balaban J connectivity index is 1.38. The van der Waals surface area contributed by atoms with Crippen LogP contribution in [0.25, 0.3) is 0 Å². The lowest BCUT2D eigenvalue weighted by Gasteiger charge is -2.28. The molecule has 3 heterocycles. The van der Waals surface area contributed by atoms with E-state index < -0.39 is 17.6 Å². The van der Waals surface area contributed by atoms with Gasteiger partial charge >= 0.3 is 0 Å². The molecule has 0 unspecified atom stereocenters. The minimum Gasteiger partial charge on any atom is -0.454 e. The average molecular weight is 415 g/mol. The normalized spacial score (nSPS) is 20.0. The van der Waals surface area contributed by atoms with E-state index in [9.17, 15) is 14.7 Å². The second-order valence-corrected chi connectivity index (χ2v) is 7.33. The first-order chi connectivity index (χ1) is 14.5. The molecule has 0 saturated carbocycles. The minimum atomic E-state index is -0.544. The number of amides is 1. The van der Waals surface area contributed by atoms with Crippen LogP contribution in [0.15, 0.2) is 35.1 Å². The van der Waals surface area contributed by atoms with Crippen molar-refractivity contribution in [2.45, 2.75) is 32.2 Å². The Hall–Kier alpha value is -2.88. The van der Waals surface area contributed by atoms with Gasteiger partial charge in [-0.1, -0.05) is 13.0 Å². The largest absolute Gasteiger partial charge is 0.454 e. The van der Waals surface area contributed by atoms with Crippen molar-refractivity contribution >= 4 is 5.91 Å². The quantitative estimate of drug-likeness (QED) is 0.607. The summed E-state index contributed by atoms with van der Waals surface area (Å²) in [5.74, 6) is 0.865. The molecule has 1 fully saturated rings. The summed E-state index contributed by atoms with van der Waals surface area (Å²) in [4.78, 5) is 29.7. The summed E-state index contributed by atoms with van der Waals surface area (Å²) in [6.45, 7) is 4.37. The third-order valence-corrected chi connectivity index (χ3v) is 5.37. The number of ether oxygens (including phenoxy) is 3. The van der Waals surface area contributed by atoms with Gasteiger partial charge in [-0.25, -0.2) is 0 Å². The van der Waals surface area contributed by atoms with Crippen LogP contribution in [0.1, 0.15) is 28.5 Å². The predicted octanol–water partition coefficient (Wildman–Crippen LogP) is 0.615. The van der Waals surface area contributed by atoms with Gasteiger partial charge in [0.1, 0.15) is 5.56 Å². The highest BCUT2D eigenvalue weighted by Gasteiger charge is 2.31. The zero-order chi connectivity index (χ0) is 21.1. The number of rotatable bonds is 7. The molecule has 2 aliphatic heterocycles. The highest BCUT2D eigenvalue weighted by atomic mass is 16.7. The molecule has 30 heavy (non-hydrogen) atoms. The van der Waals surface area contributed by atoms with Gasteiger partial charge in [-0.3, -0.25) is 14.5 Å². The fraction of sp³-hybridized carbons (Fsp3) is 0.429. The van der Waals surface area contributed by atoms with Crippen molar-refractivity contribution in [2.75, 3.05) is 26.6 Å². The fourth-order valence-corrected chi connectivity index (χ4v) is 3.68. The average Bonchev–Trinajstić information content (AvgIpc) is 3.38. The fourth-order valence-electron chi connectivity index (χ4n) is 3.68. The number of likely N-dealkylation sites (N-methyl/N-ethyl adjacent to an activating group) is 1. The number of aromatic nitrogens is 1. The molecule has 2 aromatic rings. The Morgan fingerprint density at radius 1 is 1.23 bits per heavy atom. The Morgan fingerprint density at radius 2 is 2.07 bits per heavy atom. The van der Waals surface area contributed by atoms with E-state index in [4.69, 9.17) is 14.2 Å². The summed E-state index contributed by atoms with van der Waals surface area (Å²) >= 11 is 0. The van der Waals surface area contributed by atoms with Crippen LogP contribution >= 0.6 is 0 Å². The lowest BCUT2D eigenvalue weighted by Crippen LogP contribution is -2.42. The van der Waals surface area contributed by atoms with Gasteiger partial charge in [0.05, 0.1) is 25.4 Å². The third-order valence-electron chi connectivity index (χ3n) is 5.37. The molecular weight excluding hydrogens is 390 g/mol. The Labute approximate surface area is 173 Å². The molecule has 160 valence electrons. The van der Waals surface area contributed by atoms with Gasteiger partial charge in [-0.05, 0) is 36.4 Å². The molecule has 1 amide bonds. The van der Waals surface area contributed by atoms with Crippen molar-refractivity contribution < 1.29 is 24.1 Å². The van der Waals surface area contributed by atoms with E-state index in [1.807, 2.05) is 17.9 Å². The second-order valence-electron chi connectivity index (χ2n) is 7.33. The molecule has 0 bridgehead atoms. The Kier molecular flexibility index (Phi) is 6.03. The number of aromatic amines is 1. The van der Waals surface area contributed by atoms with Crippen LogP contribution in [0, 0.1) is 0 Å². The second kappa shape index (κ2) is 8.86. The number of pyridine rings is 1.